The number of anilines is 1. The molecule has 0 bridgehead atoms. The van der Waals surface area contributed by atoms with Crippen LogP contribution >= 0.6 is 0 Å². The van der Waals surface area contributed by atoms with Crippen molar-refractivity contribution in [3.8, 4) is 23.1 Å². The molecule has 1 aromatic heterocycles. The predicted molar refractivity (Wildman–Crippen MR) is 70.4 cm³/mol. The van der Waals surface area contributed by atoms with Crippen LogP contribution in [0.5, 0.6) is 0 Å². The molecule has 3 N–H and O–H groups in total. The van der Waals surface area contributed by atoms with E-state index in [1.165, 1.54) is 0 Å². The van der Waals surface area contributed by atoms with Crippen LogP contribution in [0.4, 0.5) is 5.95 Å². The van der Waals surface area contributed by atoms with E-state index in [1.807, 2.05) is 30.3 Å². The minimum Gasteiger partial charge on any atom is -0.453 e. The second-order valence-electron chi connectivity index (χ2n) is 4.19. The average Bonchev–Trinajstić information content (AvgIpc) is 3.00. The molecule has 4 rings (SSSR count). The smallest absolute Gasteiger partial charge is 0.199 e. The number of aromatic amines is 1. The SMILES string of the molecule is Nc1nc2nc(-c3cc4ccccc4o3)nc-2c[nH]1. The minimum atomic E-state index is 0.309. The molecule has 0 spiro atoms. The van der Waals surface area contributed by atoms with Crippen LogP contribution in [0.3, 0.4) is 0 Å². The molecule has 2 aliphatic heterocycles. The van der Waals surface area contributed by atoms with Gasteiger partial charge in [-0.3, -0.25) is 0 Å². The van der Waals surface area contributed by atoms with Crippen molar-refractivity contribution in [1.82, 2.24) is 19.9 Å². The fourth-order valence-corrected chi connectivity index (χ4v) is 2.02. The van der Waals surface area contributed by atoms with E-state index in [0.29, 0.717) is 29.1 Å². The van der Waals surface area contributed by atoms with Crippen molar-refractivity contribution in [3.05, 3.63) is 36.5 Å². The number of H-pyrrole nitrogens is 1. The molecule has 6 heteroatoms. The van der Waals surface area contributed by atoms with E-state index in [9.17, 15) is 0 Å². The highest BCUT2D eigenvalue weighted by molar-refractivity contribution is 5.82. The second-order valence-corrected chi connectivity index (χ2v) is 4.19. The summed E-state index contributed by atoms with van der Waals surface area (Å²) in [7, 11) is 0. The molecule has 0 saturated carbocycles. The lowest BCUT2D eigenvalue weighted by molar-refractivity contribution is 0.626. The van der Waals surface area contributed by atoms with Gasteiger partial charge in [0.2, 0.25) is 0 Å². The van der Waals surface area contributed by atoms with Crippen molar-refractivity contribution in [3.63, 3.8) is 0 Å². The molecule has 0 fully saturated rings. The summed E-state index contributed by atoms with van der Waals surface area (Å²) in [6.07, 6.45) is 1.68. The van der Waals surface area contributed by atoms with Crippen LogP contribution in [0.15, 0.2) is 40.9 Å². The molecule has 3 heterocycles. The molecular weight excluding hydrogens is 242 g/mol. The summed E-state index contributed by atoms with van der Waals surface area (Å²) >= 11 is 0. The summed E-state index contributed by atoms with van der Waals surface area (Å²) < 4.78 is 5.72. The van der Waals surface area contributed by atoms with Gasteiger partial charge in [0, 0.05) is 11.6 Å². The van der Waals surface area contributed by atoms with Gasteiger partial charge in [-0.15, -0.1) is 0 Å². The molecule has 0 radical (unpaired) electrons. The van der Waals surface area contributed by atoms with Gasteiger partial charge in [-0.25, -0.2) is 9.97 Å². The maximum absolute atomic E-state index is 5.72. The first-order valence-corrected chi connectivity index (χ1v) is 5.77. The van der Waals surface area contributed by atoms with Crippen molar-refractivity contribution < 1.29 is 4.42 Å². The van der Waals surface area contributed by atoms with Gasteiger partial charge in [0.25, 0.3) is 0 Å². The van der Waals surface area contributed by atoms with E-state index in [4.69, 9.17) is 10.2 Å². The summed E-state index contributed by atoms with van der Waals surface area (Å²) in [5, 5.41) is 1.02. The molecular formula is C13H9N5O. The first-order valence-electron chi connectivity index (χ1n) is 5.77. The Morgan fingerprint density at radius 2 is 1.95 bits per heavy atom. The molecule has 0 amide bonds. The summed E-state index contributed by atoms with van der Waals surface area (Å²) in [5.74, 6) is 1.95. The number of para-hydroxylation sites is 1. The lowest BCUT2D eigenvalue weighted by Crippen LogP contribution is -1.96. The number of rotatable bonds is 1. The number of benzene rings is 1. The molecule has 0 atom stereocenters. The highest BCUT2D eigenvalue weighted by atomic mass is 16.3. The van der Waals surface area contributed by atoms with Crippen LogP contribution in [0.25, 0.3) is 34.1 Å². The zero-order valence-electron chi connectivity index (χ0n) is 9.79. The first kappa shape index (κ1) is 10.1. The minimum absolute atomic E-state index is 0.309. The summed E-state index contributed by atoms with van der Waals surface area (Å²) in [6, 6.07) is 9.69. The summed E-state index contributed by atoms with van der Waals surface area (Å²) in [4.78, 5) is 15.6. The monoisotopic (exact) mass is 251 g/mol. The Morgan fingerprint density at radius 1 is 1.05 bits per heavy atom. The topological polar surface area (TPSA) is 93.6 Å². The van der Waals surface area contributed by atoms with Crippen LogP contribution in [-0.2, 0) is 0 Å². The summed E-state index contributed by atoms with van der Waals surface area (Å²) in [5.41, 5.74) is 7.04. The molecule has 92 valence electrons. The molecule has 0 unspecified atom stereocenters. The lowest BCUT2D eigenvalue weighted by Gasteiger charge is -1.94. The Bertz CT molecular complexity index is 814. The number of imidazole rings is 1. The molecule has 6 nitrogen and oxygen atoms in total. The quantitative estimate of drug-likeness (QED) is 0.541. The van der Waals surface area contributed by atoms with E-state index in [-0.39, 0.29) is 0 Å². The third kappa shape index (κ3) is 1.54. The van der Waals surface area contributed by atoms with E-state index in [1.54, 1.807) is 6.20 Å². The van der Waals surface area contributed by atoms with E-state index < -0.39 is 0 Å². The zero-order valence-corrected chi connectivity index (χ0v) is 9.79. The van der Waals surface area contributed by atoms with Gasteiger partial charge < -0.3 is 15.1 Å². The van der Waals surface area contributed by atoms with Crippen molar-refractivity contribution in [2.24, 2.45) is 0 Å². The fraction of sp³-hybridized carbons (Fsp3) is 0. The third-order valence-electron chi connectivity index (χ3n) is 2.90. The van der Waals surface area contributed by atoms with Crippen LogP contribution in [0, 0.1) is 0 Å². The van der Waals surface area contributed by atoms with E-state index in [2.05, 4.69) is 19.9 Å². The Hall–Kier alpha value is -2.89. The van der Waals surface area contributed by atoms with Crippen LogP contribution in [0.1, 0.15) is 0 Å². The third-order valence-corrected chi connectivity index (χ3v) is 2.90. The zero-order chi connectivity index (χ0) is 12.8. The second kappa shape index (κ2) is 3.55. The fourth-order valence-electron chi connectivity index (χ4n) is 2.02. The molecule has 2 aliphatic rings. The average molecular weight is 251 g/mol. The van der Waals surface area contributed by atoms with Crippen LogP contribution < -0.4 is 5.73 Å². The highest BCUT2D eigenvalue weighted by Gasteiger charge is 2.16. The molecule has 2 aromatic rings. The number of nitrogens with two attached hydrogens (primary N) is 1. The highest BCUT2D eigenvalue weighted by Crippen LogP contribution is 2.28. The van der Waals surface area contributed by atoms with Crippen LogP contribution in [-0.4, -0.2) is 19.9 Å². The largest absolute Gasteiger partial charge is 0.453 e. The lowest BCUT2D eigenvalue weighted by atomic mass is 10.2. The number of nitrogens with zero attached hydrogens (tertiary/aromatic N) is 3. The maximum atomic E-state index is 5.72. The first-order chi connectivity index (χ1) is 9.29. The van der Waals surface area contributed by atoms with Gasteiger partial charge in [-0.2, -0.15) is 4.98 Å². The van der Waals surface area contributed by atoms with Crippen molar-refractivity contribution >= 4 is 16.9 Å². The van der Waals surface area contributed by atoms with Crippen molar-refractivity contribution in [1.29, 1.82) is 0 Å². The van der Waals surface area contributed by atoms with Gasteiger partial charge in [-0.05, 0) is 12.1 Å². The Labute approximate surface area is 107 Å². The molecule has 1 aromatic carbocycles. The number of fused-ring (bicyclic) bond motifs is 2. The summed E-state index contributed by atoms with van der Waals surface area (Å²) in [6.45, 7) is 0. The standard InChI is InChI=1S/C13H9N5O/c14-13-15-6-8-11(18-13)17-12(16-8)10-5-7-3-1-2-4-9(7)19-10/h1-6H,(H3,14,15,16,17,18). The predicted octanol–water partition coefficient (Wildman–Crippen LogP) is 2.30. The Balaban J connectivity index is 1.92. The molecule has 19 heavy (non-hydrogen) atoms. The van der Waals surface area contributed by atoms with Gasteiger partial charge >= 0.3 is 0 Å². The normalized spacial score (nSPS) is 11.4. The number of nitrogens with one attached hydrogen (secondary N) is 1. The van der Waals surface area contributed by atoms with Gasteiger partial charge in [0.15, 0.2) is 23.4 Å². The Morgan fingerprint density at radius 3 is 2.84 bits per heavy atom. The van der Waals surface area contributed by atoms with Gasteiger partial charge in [0.05, 0.1) is 0 Å². The van der Waals surface area contributed by atoms with E-state index in [0.717, 1.165) is 11.0 Å². The number of nitrogen functional groups attached to an aromatic ring is 1. The molecule has 0 saturated heterocycles. The van der Waals surface area contributed by atoms with Crippen molar-refractivity contribution in [2.75, 3.05) is 5.73 Å². The maximum Gasteiger partial charge on any atom is 0.199 e. The van der Waals surface area contributed by atoms with Crippen molar-refractivity contribution in [2.45, 2.75) is 0 Å². The van der Waals surface area contributed by atoms with E-state index >= 15 is 0 Å². The van der Waals surface area contributed by atoms with Crippen LogP contribution in [0.2, 0.25) is 0 Å². The van der Waals surface area contributed by atoms with Gasteiger partial charge in [-0.1, -0.05) is 18.2 Å². The number of hydrogen-bond donors (Lipinski definition) is 2. The molecule has 0 aliphatic carbocycles. The number of hydrogen-bond acceptors (Lipinski definition) is 5. The Kier molecular flexibility index (Phi) is 1.88. The number of aromatic nitrogens is 4. The number of furan rings is 1. The van der Waals surface area contributed by atoms with Gasteiger partial charge in [0.1, 0.15) is 11.3 Å².